The van der Waals surface area contributed by atoms with Crippen LogP contribution < -0.4 is 0 Å². The minimum Gasteiger partial charge on any atom is -0.410 e. The van der Waals surface area contributed by atoms with Crippen LogP contribution in [-0.4, -0.2) is 25.9 Å². The molecular weight excluding hydrogens is 407 g/mol. The maximum absolute atomic E-state index is 9.77. The lowest BCUT2D eigenvalue weighted by Crippen LogP contribution is -2.08. The third kappa shape index (κ3) is 4.16. The summed E-state index contributed by atoms with van der Waals surface area (Å²) >= 11 is 12.1. The molecule has 0 saturated heterocycles. The zero-order chi connectivity index (χ0) is 20.2. The van der Waals surface area contributed by atoms with Crippen LogP contribution in [0.25, 0.3) is 11.3 Å². The molecule has 0 saturated carbocycles. The quantitative estimate of drug-likeness (QED) is 0.261. The van der Waals surface area contributed by atoms with E-state index in [1.165, 1.54) is 0 Å². The Balaban J connectivity index is 1.85. The molecule has 29 heavy (non-hydrogen) atoms. The summed E-state index contributed by atoms with van der Waals surface area (Å²) in [5, 5.41) is 23.2. The molecule has 0 aliphatic rings. The van der Waals surface area contributed by atoms with Crippen molar-refractivity contribution in [2.45, 2.75) is 6.54 Å². The first kappa shape index (κ1) is 19.2. The van der Waals surface area contributed by atoms with Gasteiger partial charge in [0.2, 0.25) is 0 Å². The third-order valence-corrected chi connectivity index (χ3v) is 4.97. The predicted molar refractivity (Wildman–Crippen MR) is 115 cm³/mol. The number of nitrogens with zero attached hydrogens (tertiary/aromatic N) is 4. The molecule has 0 bridgehead atoms. The van der Waals surface area contributed by atoms with Gasteiger partial charge in [-0.1, -0.05) is 88.2 Å². The fraction of sp³-hybridized carbons (Fsp3) is 0.0455. The summed E-state index contributed by atoms with van der Waals surface area (Å²) in [4.78, 5) is 0. The highest BCUT2D eigenvalue weighted by atomic mass is 35.5. The fourth-order valence-electron chi connectivity index (χ4n) is 3.08. The first-order valence-electron chi connectivity index (χ1n) is 8.87. The van der Waals surface area contributed by atoms with Crippen molar-refractivity contribution >= 4 is 28.9 Å². The first-order chi connectivity index (χ1) is 14.2. The Hall–Kier alpha value is -3.15. The number of aromatic nitrogens is 3. The minimum atomic E-state index is 0.311. The van der Waals surface area contributed by atoms with E-state index < -0.39 is 0 Å². The number of benzene rings is 3. The molecule has 0 amide bonds. The van der Waals surface area contributed by atoms with Gasteiger partial charge in [-0.3, -0.25) is 0 Å². The van der Waals surface area contributed by atoms with Crippen LogP contribution in [0.3, 0.4) is 0 Å². The summed E-state index contributed by atoms with van der Waals surface area (Å²) in [6, 6.07) is 24.4. The molecule has 144 valence electrons. The average Bonchev–Trinajstić information content (AvgIpc) is 3.14. The van der Waals surface area contributed by atoms with Crippen molar-refractivity contribution in [1.82, 2.24) is 15.0 Å². The Kier molecular flexibility index (Phi) is 5.60. The zero-order valence-corrected chi connectivity index (χ0v) is 16.7. The Bertz CT molecular complexity index is 1140. The number of oxime groups is 1. The number of hydrogen-bond donors (Lipinski definition) is 1. The van der Waals surface area contributed by atoms with Gasteiger partial charge >= 0.3 is 0 Å². The van der Waals surface area contributed by atoms with Gasteiger partial charge in [0, 0.05) is 21.2 Å². The summed E-state index contributed by atoms with van der Waals surface area (Å²) < 4.78 is 1.79. The van der Waals surface area contributed by atoms with Crippen LogP contribution in [0.5, 0.6) is 0 Å². The molecule has 0 aliphatic carbocycles. The van der Waals surface area contributed by atoms with Crippen LogP contribution in [0.4, 0.5) is 0 Å². The van der Waals surface area contributed by atoms with E-state index >= 15 is 0 Å². The molecule has 1 aromatic heterocycles. The Morgan fingerprint density at radius 1 is 0.862 bits per heavy atom. The molecule has 0 aliphatic heterocycles. The van der Waals surface area contributed by atoms with Crippen LogP contribution in [0, 0.1) is 0 Å². The van der Waals surface area contributed by atoms with Gasteiger partial charge in [0.05, 0.1) is 12.2 Å². The van der Waals surface area contributed by atoms with E-state index in [2.05, 4.69) is 15.5 Å². The van der Waals surface area contributed by atoms with Crippen LogP contribution in [0.1, 0.15) is 16.8 Å². The second-order valence-electron chi connectivity index (χ2n) is 6.39. The molecule has 4 rings (SSSR count). The van der Waals surface area contributed by atoms with E-state index in [0.29, 0.717) is 33.6 Å². The lowest BCUT2D eigenvalue weighted by Gasteiger charge is -2.10. The molecule has 0 atom stereocenters. The van der Waals surface area contributed by atoms with Crippen LogP contribution in [-0.2, 0) is 6.54 Å². The summed E-state index contributed by atoms with van der Waals surface area (Å²) in [6.07, 6.45) is 0. The number of rotatable bonds is 5. The van der Waals surface area contributed by atoms with Gasteiger partial charge in [0.15, 0.2) is 0 Å². The average molecular weight is 423 g/mol. The van der Waals surface area contributed by atoms with E-state index in [4.69, 9.17) is 23.2 Å². The smallest absolute Gasteiger partial charge is 0.143 e. The summed E-state index contributed by atoms with van der Waals surface area (Å²) in [5.74, 6) is 0. The highest BCUT2D eigenvalue weighted by Gasteiger charge is 2.22. The molecule has 4 aromatic rings. The van der Waals surface area contributed by atoms with Gasteiger partial charge in [0.25, 0.3) is 0 Å². The van der Waals surface area contributed by atoms with Gasteiger partial charge in [-0.2, -0.15) is 0 Å². The molecule has 0 unspecified atom stereocenters. The summed E-state index contributed by atoms with van der Waals surface area (Å²) in [5.41, 5.74) is 4.12. The van der Waals surface area contributed by atoms with Crippen molar-refractivity contribution < 1.29 is 5.21 Å². The van der Waals surface area contributed by atoms with E-state index in [1.807, 2.05) is 42.5 Å². The topological polar surface area (TPSA) is 63.3 Å². The third-order valence-electron chi connectivity index (χ3n) is 4.47. The molecule has 0 radical (unpaired) electrons. The molecule has 0 fully saturated rings. The van der Waals surface area contributed by atoms with Crippen molar-refractivity contribution in [3.8, 4) is 11.3 Å². The first-order valence-corrected chi connectivity index (χ1v) is 9.63. The predicted octanol–water partition coefficient (Wildman–Crippen LogP) is 5.53. The van der Waals surface area contributed by atoms with Crippen LogP contribution in [0.15, 0.2) is 84.0 Å². The van der Waals surface area contributed by atoms with Crippen LogP contribution >= 0.6 is 23.2 Å². The van der Waals surface area contributed by atoms with E-state index in [-0.39, 0.29) is 0 Å². The molecule has 7 heteroatoms. The van der Waals surface area contributed by atoms with E-state index in [9.17, 15) is 5.21 Å². The lowest BCUT2D eigenvalue weighted by atomic mass is 10.0. The maximum atomic E-state index is 9.77. The zero-order valence-electron chi connectivity index (χ0n) is 15.2. The van der Waals surface area contributed by atoms with E-state index in [0.717, 1.165) is 16.8 Å². The molecule has 5 nitrogen and oxygen atoms in total. The number of hydrogen-bond acceptors (Lipinski definition) is 4. The SMILES string of the molecule is ON=C(c1ccc(Cl)cc1)c1nnn(Cc2ccccc2)c1-c1ccc(Cl)cc1. The Morgan fingerprint density at radius 3 is 2.10 bits per heavy atom. The van der Waals surface area contributed by atoms with Crippen molar-refractivity contribution in [1.29, 1.82) is 0 Å². The number of halogens is 2. The van der Waals surface area contributed by atoms with Crippen molar-refractivity contribution in [2.24, 2.45) is 5.16 Å². The summed E-state index contributed by atoms with van der Waals surface area (Å²) in [6.45, 7) is 0.519. The van der Waals surface area contributed by atoms with E-state index in [1.54, 1.807) is 41.1 Å². The maximum Gasteiger partial charge on any atom is 0.143 e. The molecule has 1 N–H and O–H groups in total. The van der Waals surface area contributed by atoms with Gasteiger partial charge in [-0.05, 0) is 29.8 Å². The van der Waals surface area contributed by atoms with Crippen molar-refractivity contribution in [3.63, 3.8) is 0 Å². The minimum absolute atomic E-state index is 0.311. The van der Waals surface area contributed by atoms with Gasteiger partial charge in [0.1, 0.15) is 11.4 Å². The second-order valence-corrected chi connectivity index (χ2v) is 7.27. The Labute approximate surface area is 177 Å². The highest BCUT2D eigenvalue weighted by Crippen LogP contribution is 2.27. The second kappa shape index (κ2) is 8.47. The molecule has 0 spiro atoms. The van der Waals surface area contributed by atoms with Gasteiger partial charge in [-0.15, -0.1) is 5.10 Å². The Morgan fingerprint density at radius 2 is 1.48 bits per heavy atom. The van der Waals surface area contributed by atoms with Crippen LogP contribution in [0.2, 0.25) is 10.0 Å². The highest BCUT2D eigenvalue weighted by molar-refractivity contribution is 6.31. The molecule has 1 heterocycles. The lowest BCUT2D eigenvalue weighted by molar-refractivity contribution is 0.319. The van der Waals surface area contributed by atoms with Crippen molar-refractivity contribution in [2.75, 3.05) is 0 Å². The molecule has 3 aromatic carbocycles. The monoisotopic (exact) mass is 422 g/mol. The standard InChI is InChI=1S/C22H16Cl2N4O/c23-18-10-6-16(7-11-18)20(26-29)21-22(17-8-12-19(24)13-9-17)28(27-25-21)14-15-4-2-1-3-5-15/h1-13,29H,14H2. The molecular formula is C22H16Cl2N4O. The van der Waals surface area contributed by atoms with Gasteiger partial charge < -0.3 is 5.21 Å². The summed E-state index contributed by atoms with van der Waals surface area (Å²) in [7, 11) is 0. The van der Waals surface area contributed by atoms with Gasteiger partial charge in [-0.25, -0.2) is 4.68 Å². The van der Waals surface area contributed by atoms with Crippen molar-refractivity contribution in [3.05, 3.63) is 106 Å². The largest absolute Gasteiger partial charge is 0.410 e. The fourth-order valence-corrected chi connectivity index (χ4v) is 3.33. The normalized spacial score (nSPS) is 11.6.